The first-order valence-electron chi connectivity index (χ1n) is 8.57. The van der Waals surface area contributed by atoms with Gasteiger partial charge in [-0.3, -0.25) is 4.79 Å². The van der Waals surface area contributed by atoms with Gasteiger partial charge in [-0.05, 0) is 31.0 Å². The smallest absolute Gasteiger partial charge is 0.220 e. The number of H-pyrrole nitrogens is 1. The van der Waals surface area contributed by atoms with Crippen molar-refractivity contribution in [2.75, 3.05) is 26.9 Å². The topological polar surface area (TPSA) is 96.5 Å². The molecule has 0 bridgehead atoms. The molecule has 3 rings (SSSR count). The Hall–Kier alpha value is -1.96. The lowest BCUT2D eigenvalue weighted by Gasteiger charge is -2.33. The Bertz CT molecular complexity index is 730. The monoisotopic (exact) mass is 347 g/mol. The van der Waals surface area contributed by atoms with E-state index >= 15 is 0 Å². The van der Waals surface area contributed by atoms with Crippen LogP contribution in [0.1, 0.15) is 17.8 Å². The van der Waals surface area contributed by atoms with E-state index < -0.39 is 6.10 Å². The van der Waals surface area contributed by atoms with E-state index in [9.17, 15) is 9.90 Å². The molecule has 0 unspecified atom stereocenters. The summed E-state index contributed by atoms with van der Waals surface area (Å²) in [5.74, 6) is 0.701. The molecule has 0 radical (unpaired) electrons. The first-order valence-corrected chi connectivity index (χ1v) is 8.57. The average molecular weight is 347 g/mol. The van der Waals surface area contributed by atoms with E-state index in [-0.39, 0.29) is 17.9 Å². The maximum absolute atomic E-state index is 12.1. The van der Waals surface area contributed by atoms with Crippen molar-refractivity contribution in [1.29, 1.82) is 0 Å². The van der Waals surface area contributed by atoms with E-state index in [4.69, 9.17) is 9.47 Å². The number of nitrogens with one attached hydrogen (secondary N) is 2. The Balaban J connectivity index is 1.47. The number of benzene rings is 1. The Kier molecular flexibility index (Phi) is 5.67. The van der Waals surface area contributed by atoms with Crippen LogP contribution in [0, 0.1) is 12.8 Å². The van der Waals surface area contributed by atoms with Crippen molar-refractivity contribution in [1.82, 2.24) is 15.3 Å². The molecule has 1 aromatic heterocycles. The summed E-state index contributed by atoms with van der Waals surface area (Å²) in [5.41, 5.74) is 3.01. The van der Waals surface area contributed by atoms with E-state index in [2.05, 4.69) is 15.3 Å². The van der Waals surface area contributed by atoms with Crippen LogP contribution in [0.4, 0.5) is 0 Å². The molecular formula is C18H25N3O4. The zero-order chi connectivity index (χ0) is 17.8. The van der Waals surface area contributed by atoms with Crippen LogP contribution in [0.2, 0.25) is 0 Å². The summed E-state index contributed by atoms with van der Waals surface area (Å²) in [7, 11) is 1.55. The fourth-order valence-electron chi connectivity index (χ4n) is 3.15. The number of hydrogen-bond acceptors (Lipinski definition) is 5. The number of methoxy groups -OCH3 is 1. The zero-order valence-electron chi connectivity index (χ0n) is 14.6. The summed E-state index contributed by atoms with van der Waals surface area (Å²) < 4.78 is 10.6. The van der Waals surface area contributed by atoms with Crippen molar-refractivity contribution in [3.63, 3.8) is 0 Å². The molecule has 0 aliphatic carbocycles. The van der Waals surface area contributed by atoms with Crippen LogP contribution in [0.5, 0.6) is 0 Å². The quantitative estimate of drug-likeness (QED) is 0.723. The number of amides is 1. The maximum atomic E-state index is 12.1. The molecule has 2 heterocycles. The van der Waals surface area contributed by atoms with Crippen molar-refractivity contribution in [2.24, 2.45) is 5.92 Å². The van der Waals surface area contributed by atoms with Gasteiger partial charge in [-0.2, -0.15) is 0 Å². The minimum atomic E-state index is -0.620. The summed E-state index contributed by atoms with van der Waals surface area (Å²) >= 11 is 0. The fourth-order valence-corrected chi connectivity index (χ4v) is 3.15. The third-order valence-electron chi connectivity index (χ3n) is 4.65. The van der Waals surface area contributed by atoms with Crippen molar-refractivity contribution < 1.29 is 19.4 Å². The second-order valence-electron chi connectivity index (χ2n) is 6.54. The Labute approximate surface area is 146 Å². The number of aliphatic hydroxyl groups is 1. The lowest BCUT2D eigenvalue weighted by atomic mass is 9.96. The first-order chi connectivity index (χ1) is 12.1. The number of carbonyl (C=O) groups is 1. The van der Waals surface area contributed by atoms with Gasteiger partial charge in [0.25, 0.3) is 0 Å². The highest BCUT2D eigenvalue weighted by Gasteiger charge is 2.32. The molecule has 3 N–H and O–H groups in total. The van der Waals surface area contributed by atoms with Crippen LogP contribution in [0.3, 0.4) is 0 Å². The van der Waals surface area contributed by atoms with Crippen LogP contribution < -0.4 is 5.32 Å². The second-order valence-corrected chi connectivity index (χ2v) is 6.54. The number of ether oxygens (including phenoxy) is 2. The van der Waals surface area contributed by atoms with Crippen LogP contribution in [-0.4, -0.2) is 60.1 Å². The van der Waals surface area contributed by atoms with Gasteiger partial charge in [-0.15, -0.1) is 0 Å². The van der Waals surface area contributed by atoms with Crippen molar-refractivity contribution in [3.8, 4) is 0 Å². The summed E-state index contributed by atoms with van der Waals surface area (Å²) in [6.45, 7) is 3.12. The number of aryl methyl sites for hydroxylation is 2. The van der Waals surface area contributed by atoms with E-state index in [1.807, 2.05) is 25.1 Å². The first kappa shape index (κ1) is 17.8. The van der Waals surface area contributed by atoms with Gasteiger partial charge in [-0.25, -0.2) is 4.98 Å². The van der Waals surface area contributed by atoms with Crippen molar-refractivity contribution in [2.45, 2.75) is 32.0 Å². The van der Waals surface area contributed by atoms with Crippen molar-refractivity contribution in [3.05, 3.63) is 29.6 Å². The number of aromatic nitrogens is 2. The highest BCUT2D eigenvalue weighted by atomic mass is 16.5. The normalized spacial score (nSPS) is 23.7. The van der Waals surface area contributed by atoms with Crippen molar-refractivity contribution >= 4 is 16.9 Å². The average Bonchev–Trinajstić information content (AvgIpc) is 2.98. The second kappa shape index (κ2) is 7.95. The van der Waals surface area contributed by atoms with E-state index in [0.717, 1.165) is 22.4 Å². The maximum Gasteiger partial charge on any atom is 0.220 e. The summed E-state index contributed by atoms with van der Waals surface area (Å²) in [6.07, 6.45) is 0.102. The molecule has 2 aromatic rings. The molecule has 0 saturated carbocycles. The molecule has 0 spiro atoms. The molecular weight excluding hydrogens is 322 g/mol. The largest absolute Gasteiger partial charge is 0.390 e. The summed E-state index contributed by atoms with van der Waals surface area (Å²) in [5, 5.41) is 13.1. The van der Waals surface area contributed by atoms with E-state index in [1.165, 1.54) is 0 Å². The third kappa shape index (κ3) is 4.36. The van der Waals surface area contributed by atoms with Crippen LogP contribution in [0.25, 0.3) is 11.0 Å². The van der Waals surface area contributed by atoms with Gasteiger partial charge in [0.2, 0.25) is 5.91 Å². The SMILES string of the molecule is CO[C@@H]1COC[C@@H](CNC(=O)CCc2ccc3nc(C)[nH]c3c2)[C@@H]1O. The number of imidazole rings is 1. The number of aliphatic hydroxyl groups excluding tert-OH is 1. The van der Waals surface area contributed by atoms with E-state index in [0.29, 0.717) is 32.6 Å². The Morgan fingerprint density at radius 3 is 3.12 bits per heavy atom. The number of fused-ring (bicyclic) bond motifs is 1. The Morgan fingerprint density at radius 2 is 2.32 bits per heavy atom. The molecule has 1 fully saturated rings. The minimum absolute atomic E-state index is 0.0346. The lowest BCUT2D eigenvalue weighted by Crippen LogP contribution is -2.49. The highest BCUT2D eigenvalue weighted by Crippen LogP contribution is 2.17. The molecule has 3 atom stereocenters. The summed E-state index contributed by atoms with van der Waals surface area (Å²) in [4.78, 5) is 19.7. The number of hydrogen-bond donors (Lipinski definition) is 3. The van der Waals surface area contributed by atoms with E-state index in [1.54, 1.807) is 7.11 Å². The van der Waals surface area contributed by atoms with Gasteiger partial charge in [0.1, 0.15) is 11.9 Å². The lowest BCUT2D eigenvalue weighted by molar-refractivity contribution is -0.136. The summed E-state index contributed by atoms with van der Waals surface area (Å²) in [6, 6.07) is 6.00. The molecule has 1 aliphatic heterocycles. The molecule has 1 aliphatic rings. The van der Waals surface area contributed by atoms with Crippen LogP contribution >= 0.6 is 0 Å². The van der Waals surface area contributed by atoms with Crippen LogP contribution in [-0.2, 0) is 20.7 Å². The number of rotatable bonds is 6. The number of nitrogens with zero attached hydrogens (tertiary/aromatic N) is 1. The van der Waals surface area contributed by atoms with Gasteiger partial charge >= 0.3 is 0 Å². The molecule has 7 heteroatoms. The van der Waals surface area contributed by atoms with Gasteiger partial charge in [-0.1, -0.05) is 6.07 Å². The third-order valence-corrected chi connectivity index (χ3v) is 4.65. The van der Waals surface area contributed by atoms with Gasteiger partial charge in [0.15, 0.2) is 0 Å². The zero-order valence-corrected chi connectivity index (χ0v) is 14.6. The molecule has 1 saturated heterocycles. The van der Waals surface area contributed by atoms with Gasteiger partial charge in [0.05, 0.1) is 30.4 Å². The molecule has 1 amide bonds. The molecule has 7 nitrogen and oxygen atoms in total. The number of aromatic amines is 1. The molecule has 1 aromatic carbocycles. The van der Waals surface area contributed by atoms with Crippen LogP contribution in [0.15, 0.2) is 18.2 Å². The molecule has 25 heavy (non-hydrogen) atoms. The predicted molar refractivity (Wildman–Crippen MR) is 93.3 cm³/mol. The fraction of sp³-hybridized carbons (Fsp3) is 0.556. The Morgan fingerprint density at radius 1 is 1.48 bits per heavy atom. The predicted octanol–water partition coefficient (Wildman–Crippen LogP) is 0.942. The number of carbonyl (C=O) groups excluding carboxylic acids is 1. The minimum Gasteiger partial charge on any atom is -0.390 e. The highest BCUT2D eigenvalue weighted by molar-refractivity contribution is 5.78. The van der Waals surface area contributed by atoms with Gasteiger partial charge in [0, 0.05) is 26.0 Å². The molecule has 136 valence electrons. The van der Waals surface area contributed by atoms with Gasteiger partial charge < -0.3 is 24.9 Å². The standard InChI is InChI=1S/C18H25N3O4/c1-11-20-14-5-3-12(7-15(14)21-11)4-6-17(22)19-8-13-9-25-10-16(24-2)18(13)23/h3,5,7,13,16,18,23H,4,6,8-10H2,1-2H3,(H,19,22)(H,20,21)/t13-,16-,18+/m1/s1.